The highest BCUT2D eigenvalue weighted by atomic mass is 16.2. The van der Waals surface area contributed by atoms with Crippen molar-refractivity contribution < 1.29 is 9.59 Å². The number of imidazole rings is 2. The predicted molar refractivity (Wildman–Crippen MR) is 173 cm³/mol. The lowest BCUT2D eigenvalue weighted by Gasteiger charge is -2.23. The topological polar surface area (TPSA) is 98.0 Å². The van der Waals surface area contributed by atoms with Gasteiger partial charge in [-0.25, -0.2) is 9.97 Å². The van der Waals surface area contributed by atoms with Crippen molar-refractivity contribution in [1.82, 2.24) is 29.7 Å². The zero-order chi connectivity index (χ0) is 30.8. The van der Waals surface area contributed by atoms with Crippen LogP contribution in [0.4, 0.5) is 0 Å². The summed E-state index contributed by atoms with van der Waals surface area (Å²) in [6.45, 7) is 9.76. The third kappa shape index (κ3) is 5.70. The van der Waals surface area contributed by atoms with Gasteiger partial charge in [0, 0.05) is 31.5 Å². The fourth-order valence-corrected chi connectivity index (χ4v) is 6.83. The van der Waals surface area contributed by atoms with Gasteiger partial charge in [-0.05, 0) is 80.2 Å². The molecule has 4 aromatic rings. The molecule has 0 spiro atoms. The smallest absolute Gasteiger partial charge is 0.223 e. The molecule has 2 atom stereocenters. The van der Waals surface area contributed by atoms with Gasteiger partial charge in [0.15, 0.2) is 0 Å². The maximum Gasteiger partial charge on any atom is 0.223 e. The number of carbonyl (C=O) groups excluding carboxylic acids is 2. The van der Waals surface area contributed by atoms with Gasteiger partial charge in [-0.1, -0.05) is 50.2 Å². The summed E-state index contributed by atoms with van der Waals surface area (Å²) in [5.41, 5.74) is 8.91. The maximum absolute atomic E-state index is 12.6. The molecule has 2 radical (unpaired) electrons. The van der Waals surface area contributed by atoms with Crippen LogP contribution >= 0.6 is 0 Å². The van der Waals surface area contributed by atoms with E-state index >= 15 is 0 Å². The Morgan fingerprint density at radius 1 is 0.727 bits per heavy atom. The molecule has 8 heteroatoms. The normalized spacial score (nSPS) is 18.4. The molecule has 2 fully saturated rings. The van der Waals surface area contributed by atoms with E-state index < -0.39 is 0 Å². The number of hydrogen-bond donors (Lipinski definition) is 2. The van der Waals surface area contributed by atoms with E-state index in [-0.39, 0.29) is 23.9 Å². The van der Waals surface area contributed by atoms with Crippen LogP contribution in [0.25, 0.3) is 33.6 Å². The van der Waals surface area contributed by atoms with Crippen LogP contribution in [0.15, 0.2) is 48.8 Å². The number of aromatic amines is 2. The van der Waals surface area contributed by atoms with Gasteiger partial charge in [0.25, 0.3) is 0 Å². The number of carbonyl (C=O) groups is 2. The molecule has 2 aliphatic rings. The molecule has 8 nitrogen and oxygen atoms in total. The number of nitrogens with zero attached hydrogens (tertiary/aromatic N) is 4. The minimum atomic E-state index is 0.0145. The van der Waals surface area contributed by atoms with Gasteiger partial charge in [-0.2, -0.15) is 0 Å². The van der Waals surface area contributed by atoms with Crippen LogP contribution in [-0.2, 0) is 9.59 Å². The Kier molecular flexibility index (Phi) is 8.69. The van der Waals surface area contributed by atoms with Crippen molar-refractivity contribution in [1.29, 1.82) is 0 Å². The van der Waals surface area contributed by atoms with E-state index in [9.17, 15) is 9.59 Å². The number of likely N-dealkylation sites (tertiary alicyclic amines) is 2. The number of rotatable bonds is 9. The van der Waals surface area contributed by atoms with Crippen molar-refractivity contribution >= 4 is 11.8 Å². The Labute approximate surface area is 260 Å². The molecule has 0 bridgehead atoms. The molecule has 2 N–H and O–H groups in total. The number of nitrogens with one attached hydrogen (secondary N) is 2. The van der Waals surface area contributed by atoms with E-state index in [1.54, 1.807) is 0 Å². The average Bonchev–Trinajstić information content (AvgIpc) is 3.85. The summed E-state index contributed by atoms with van der Waals surface area (Å²) < 4.78 is 0. The van der Waals surface area contributed by atoms with Crippen LogP contribution < -0.4 is 0 Å². The number of amides is 2. The molecule has 2 amide bonds. The number of benzene rings is 2. The Balaban J connectivity index is 1.18. The summed E-state index contributed by atoms with van der Waals surface area (Å²) in [5.74, 6) is 2.07. The molecular formula is C36H42N6O2. The number of hydrogen-bond acceptors (Lipinski definition) is 4. The first-order chi connectivity index (χ1) is 21.4. The van der Waals surface area contributed by atoms with Crippen LogP contribution in [0.2, 0.25) is 0 Å². The lowest BCUT2D eigenvalue weighted by Crippen LogP contribution is -2.30. The van der Waals surface area contributed by atoms with Crippen molar-refractivity contribution in [2.45, 2.75) is 78.3 Å². The van der Waals surface area contributed by atoms with E-state index in [4.69, 9.17) is 4.98 Å². The lowest BCUT2D eigenvalue weighted by atomic mass is 9.92. The van der Waals surface area contributed by atoms with Gasteiger partial charge < -0.3 is 19.8 Å². The zero-order valence-corrected chi connectivity index (χ0v) is 26.2. The van der Waals surface area contributed by atoms with E-state index in [0.717, 1.165) is 78.5 Å². The second kappa shape index (κ2) is 12.8. The van der Waals surface area contributed by atoms with Gasteiger partial charge in [0.1, 0.15) is 11.6 Å². The average molecular weight is 591 g/mol. The fourth-order valence-electron chi connectivity index (χ4n) is 6.83. The minimum Gasteiger partial charge on any atom is -0.340 e. The third-order valence-corrected chi connectivity index (χ3v) is 9.31. The first-order valence-corrected chi connectivity index (χ1v) is 15.8. The molecule has 2 saturated heterocycles. The lowest BCUT2D eigenvalue weighted by molar-refractivity contribution is -0.132. The summed E-state index contributed by atoms with van der Waals surface area (Å²) in [7, 11) is 0. The standard InChI is InChI=1S/C36H42N6O2/c1-5-9-33(43)41-19-7-11-31(41)35-37-21-29(39-35)26-15-13-25(14-16-26)27-17-18-28(24(4)23(27)3)30-22-38-36(40-30)32-12-8-20-42(32)34(44)10-6-2/h5-6,13-18,21-22,31-32H,7-12,19-20H2,1-4H3,(H,37,39)(H,38,40)/t31?,32-/m0/s1. The molecule has 44 heavy (non-hydrogen) atoms. The summed E-state index contributed by atoms with van der Waals surface area (Å²) in [4.78, 5) is 45.5. The van der Waals surface area contributed by atoms with Crippen molar-refractivity contribution in [2.24, 2.45) is 0 Å². The first-order valence-electron chi connectivity index (χ1n) is 15.8. The van der Waals surface area contributed by atoms with E-state index in [1.165, 1.54) is 16.7 Å². The van der Waals surface area contributed by atoms with Gasteiger partial charge in [0.05, 0.1) is 35.9 Å². The molecule has 1 unspecified atom stereocenters. The minimum absolute atomic E-state index is 0.0145. The zero-order valence-electron chi connectivity index (χ0n) is 26.2. The van der Waals surface area contributed by atoms with Crippen LogP contribution in [0.3, 0.4) is 0 Å². The molecule has 0 saturated carbocycles. The van der Waals surface area contributed by atoms with Crippen molar-refractivity contribution in [3.8, 4) is 33.6 Å². The maximum atomic E-state index is 12.6. The van der Waals surface area contributed by atoms with Gasteiger partial charge in [-0.3, -0.25) is 9.59 Å². The largest absolute Gasteiger partial charge is 0.340 e. The molecule has 4 heterocycles. The van der Waals surface area contributed by atoms with Crippen LogP contribution in [0, 0.1) is 26.7 Å². The Bertz CT molecular complexity index is 1630. The number of H-pyrrole nitrogens is 2. The van der Waals surface area contributed by atoms with Crippen LogP contribution in [0.5, 0.6) is 0 Å². The SMILES string of the molecule is C[CH]CC(=O)N1CCCC1c1ncc(-c2ccc(-c3ccc(-c4cnc([C@@H]5CCCN5C(=O)C[CH]C)[nH]4)c(C)c3C)cc2)[nH]1. The van der Waals surface area contributed by atoms with Gasteiger partial charge >= 0.3 is 0 Å². The van der Waals surface area contributed by atoms with Crippen molar-refractivity contribution in [2.75, 3.05) is 13.1 Å². The second-order valence-corrected chi connectivity index (χ2v) is 12.1. The molecular weight excluding hydrogens is 548 g/mol. The van der Waals surface area contributed by atoms with Crippen molar-refractivity contribution in [3.63, 3.8) is 0 Å². The van der Waals surface area contributed by atoms with E-state index in [0.29, 0.717) is 12.8 Å². The van der Waals surface area contributed by atoms with E-state index in [2.05, 4.69) is 65.2 Å². The Morgan fingerprint density at radius 3 is 1.77 bits per heavy atom. The van der Waals surface area contributed by atoms with Gasteiger partial charge in [0.2, 0.25) is 11.8 Å². The molecule has 6 rings (SSSR count). The summed E-state index contributed by atoms with van der Waals surface area (Å²) >= 11 is 0. The molecule has 2 aliphatic heterocycles. The third-order valence-electron chi connectivity index (χ3n) is 9.31. The van der Waals surface area contributed by atoms with Crippen molar-refractivity contribution in [3.05, 3.63) is 84.4 Å². The summed E-state index contributed by atoms with van der Waals surface area (Å²) in [5, 5.41) is 0. The quantitative estimate of drug-likeness (QED) is 0.214. The monoisotopic (exact) mass is 590 g/mol. The fraction of sp³-hybridized carbons (Fsp3) is 0.389. The first kappa shape index (κ1) is 29.9. The number of aromatic nitrogens is 4. The highest BCUT2D eigenvalue weighted by Crippen LogP contribution is 2.36. The highest BCUT2D eigenvalue weighted by Gasteiger charge is 2.32. The summed E-state index contributed by atoms with van der Waals surface area (Å²) in [6.07, 6.45) is 12.4. The molecule has 228 valence electrons. The Morgan fingerprint density at radius 2 is 1.20 bits per heavy atom. The Hall–Kier alpha value is -4.20. The predicted octanol–water partition coefficient (Wildman–Crippen LogP) is 7.31. The summed E-state index contributed by atoms with van der Waals surface area (Å²) in [6, 6.07) is 13.0. The van der Waals surface area contributed by atoms with Crippen LogP contribution in [-0.4, -0.2) is 54.6 Å². The van der Waals surface area contributed by atoms with Crippen LogP contribution in [0.1, 0.15) is 87.2 Å². The molecule has 2 aromatic carbocycles. The molecule has 0 aliphatic carbocycles. The second-order valence-electron chi connectivity index (χ2n) is 12.1. The van der Waals surface area contributed by atoms with Gasteiger partial charge in [-0.15, -0.1) is 0 Å². The molecule has 2 aromatic heterocycles. The highest BCUT2D eigenvalue weighted by molar-refractivity contribution is 5.79. The van der Waals surface area contributed by atoms with E-state index in [1.807, 2.05) is 48.9 Å².